The molecule has 2 N–H and O–H groups in total. The van der Waals surface area contributed by atoms with Crippen molar-refractivity contribution in [3.05, 3.63) is 29.8 Å². The van der Waals surface area contributed by atoms with Crippen molar-refractivity contribution in [2.45, 2.75) is 25.4 Å². The van der Waals surface area contributed by atoms with Gasteiger partial charge < -0.3 is 20.1 Å². The lowest BCUT2D eigenvalue weighted by atomic mass is 9.91. The molecule has 0 bridgehead atoms. The van der Waals surface area contributed by atoms with Gasteiger partial charge in [-0.05, 0) is 57.1 Å². The number of esters is 1. The molecule has 0 aromatic heterocycles. The van der Waals surface area contributed by atoms with Gasteiger partial charge in [0.15, 0.2) is 0 Å². The van der Waals surface area contributed by atoms with Crippen LogP contribution in [0.15, 0.2) is 24.3 Å². The van der Waals surface area contributed by atoms with Crippen LogP contribution in [0.3, 0.4) is 0 Å². The Balaban J connectivity index is 0.00000264. The SMILES string of the molecule is CCOC(=O)c1ccc(NC(=O)C2(OC)CCNCC2)cc1.Cl. The third kappa shape index (κ3) is 4.67. The monoisotopic (exact) mass is 342 g/mol. The molecule has 0 radical (unpaired) electrons. The van der Waals surface area contributed by atoms with Crippen LogP contribution >= 0.6 is 12.4 Å². The Hall–Kier alpha value is -1.63. The van der Waals surface area contributed by atoms with Gasteiger partial charge in [-0.1, -0.05) is 0 Å². The molecular weight excluding hydrogens is 320 g/mol. The number of rotatable bonds is 5. The van der Waals surface area contributed by atoms with Crippen LogP contribution in [-0.2, 0) is 14.3 Å². The van der Waals surface area contributed by atoms with Gasteiger partial charge in [-0.2, -0.15) is 0 Å². The van der Waals surface area contributed by atoms with Gasteiger partial charge in [0.25, 0.3) is 5.91 Å². The van der Waals surface area contributed by atoms with E-state index in [9.17, 15) is 9.59 Å². The van der Waals surface area contributed by atoms with Crippen LogP contribution in [0, 0.1) is 0 Å². The Morgan fingerprint density at radius 2 is 1.83 bits per heavy atom. The number of ether oxygens (including phenoxy) is 2. The summed E-state index contributed by atoms with van der Waals surface area (Å²) in [5.74, 6) is -0.521. The number of methoxy groups -OCH3 is 1. The molecule has 0 unspecified atom stereocenters. The summed E-state index contributed by atoms with van der Waals surface area (Å²) in [6, 6.07) is 6.65. The maximum atomic E-state index is 12.5. The number of amides is 1. The van der Waals surface area contributed by atoms with Crippen LogP contribution in [-0.4, -0.2) is 44.3 Å². The summed E-state index contributed by atoms with van der Waals surface area (Å²) < 4.78 is 10.4. The zero-order chi connectivity index (χ0) is 16.0. The minimum Gasteiger partial charge on any atom is -0.462 e. The van der Waals surface area contributed by atoms with E-state index in [4.69, 9.17) is 9.47 Å². The fourth-order valence-electron chi connectivity index (χ4n) is 2.50. The highest BCUT2D eigenvalue weighted by Crippen LogP contribution is 2.24. The number of hydrogen-bond donors (Lipinski definition) is 2. The van der Waals surface area contributed by atoms with Crippen molar-refractivity contribution in [1.29, 1.82) is 0 Å². The average molecular weight is 343 g/mol. The van der Waals surface area contributed by atoms with Crippen molar-refractivity contribution >= 4 is 30.0 Å². The number of carbonyl (C=O) groups is 2. The van der Waals surface area contributed by atoms with Gasteiger partial charge in [-0.3, -0.25) is 4.79 Å². The van der Waals surface area contributed by atoms with Crippen LogP contribution in [0.25, 0.3) is 0 Å². The molecule has 128 valence electrons. The first-order chi connectivity index (χ1) is 10.6. The standard InChI is InChI=1S/C16H22N2O4.ClH/c1-3-22-14(19)12-4-6-13(7-5-12)18-15(20)16(21-2)8-10-17-11-9-16;/h4-7,17H,3,8-11H2,1-2H3,(H,18,20);1H. The van der Waals surface area contributed by atoms with Gasteiger partial charge in [-0.25, -0.2) is 4.79 Å². The first-order valence-corrected chi connectivity index (χ1v) is 7.46. The van der Waals surface area contributed by atoms with Crippen LogP contribution < -0.4 is 10.6 Å². The Labute approximate surface area is 142 Å². The number of halogens is 1. The van der Waals surface area contributed by atoms with Crippen molar-refractivity contribution in [3.8, 4) is 0 Å². The number of benzene rings is 1. The Morgan fingerprint density at radius 1 is 1.22 bits per heavy atom. The van der Waals surface area contributed by atoms with Crippen molar-refractivity contribution in [2.75, 3.05) is 32.1 Å². The van der Waals surface area contributed by atoms with E-state index in [-0.39, 0.29) is 24.3 Å². The zero-order valence-electron chi connectivity index (χ0n) is 13.4. The van der Waals surface area contributed by atoms with E-state index in [1.165, 1.54) is 0 Å². The highest BCUT2D eigenvalue weighted by molar-refractivity contribution is 5.98. The second-order valence-electron chi connectivity index (χ2n) is 5.20. The third-order valence-corrected chi connectivity index (χ3v) is 3.87. The minimum atomic E-state index is -0.787. The van der Waals surface area contributed by atoms with Crippen molar-refractivity contribution < 1.29 is 19.1 Å². The van der Waals surface area contributed by atoms with Gasteiger partial charge in [0, 0.05) is 12.8 Å². The maximum Gasteiger partial charge on any atom is 0.338 e. The summed E-state index contributed by atoms with van der Waals surface area (Å²) in [4.78, 5) is 24.1. The molecule has 0 aliphatic carbocycles. The molecule has 1 aromatic rings. The lowest BCUT2D eigenvalue weighted by Crippen LogP contribution is -2.51. The molecule has 1 saturated heterocycles. The molecule has 1 aliphatic rings. The van der Waals surface area contributed by atoms with Gasteiger partial charge >= 0.3 is 5.97 Å². The quantitative estimate of drug-likeness (QED) is 0.800. The lowest BCUT2D eigenvalue weighted by Gasteiger charge is -2.34. The smallest absolute Gasteiger partial charge is 0.338 e. The molecule has 7 heteroatoms. The molecule has 23 heavy (non-hydrogen) atoms. The summed E-state index contributed by atoms with van der Waals surface area (Å²) in [6.07, 6.45) is 1.27. The first kappa shape index (κ1) is 19.4. The number of hydrogen-bond acceptors (Lipinski definition) is 5. The molecule has 2 rings (SSSR count). The summed E-state index contributed by atoms with van der Waals surface area (Å²) >= 11 is 0. The maximum absolute atomic E-state index is 12.5. The first-order valence-electron chi connectivity index (χ1n) is 7.46. The van der Waals surface area contributed by atoms with Crippen molar-refractivity contribution in [2.24, 2.45) is 0 Å². The van der Waals surface area contributed by atoms with Crippen LogP contribution in [0.5, 0.6) is 0 Å². The number of piperidine rings is 1. The number of nitrogens with one attached hydrogen (secondary N) is 2. The summed E-state index contributed by atoms with van der Waals surface area (Å²) in [6.45, 7) is 3.60. The normalized spacial score (nSPS) is 16.1. The molecular formula is C16H23ClN2O4. The van der Waals surface area contributed by atoms with Gasteiger partial charge in [0.2, 0.25) is 0 Å². The number of carbonyl (C=O) groups excluding carboxylic acids is 2. The Morgan fingerprint density at radius 3 is 2.35 bits per heavy atom. The molecule has 1 aliphatic heterocycles. The molecule has 0 spiro atoms. The van der Waals surface area contributed by atoms with E-state index in [0.717, 1.165) is 13.1 Å². The zero-order valence-corrected chi connectivity index (χ0v) is 14.2. The minimum absolute atomic E-state index is 0. The topological polar surface area (TPSA) is 76.7 Å². The van der Waals surface area contributed by atoms with E-state index < -0.39 is 5.60 Å². The number of anilines is 1. The van der Waals surface area contributed by atoms with Gasteiger partial charge in [-0.15, -0.1) is 12.4 Å². The van der Waals surface area contributed by atoms with Crippen LogP contribution in [0.2, 0.25) is 0 Å². The van der Waals surface area contributed by atoms with E-state index in [2.05, 4.69) is 10.6 Å². The molecule has 6 nitrogen and oxygen atoms in total. The Bertz CT molecular complexity index is 527. The van der Waals surface area contributed by atoms with Crippen molar-refractivity contribution in [3.63, 3.8) is 0 Å². The molecule has 1 heterocycles. The summed E-state index contributed by atoms with van der Waals surface area (Å²) in [7, 11) is 1.56. The lowest BCUT2D eigenvalue weighted by molar-refractivity contribution is -0.140. The highest BCUT2D eigenvalue weighted by Gasteiger charge is 2.39. The third-order valence-electron chi connectivity index (χ3n) is 3.87. The van der Waals surface area contributed by atoms with Gasteiger partial charge in [0.05, 0.1) is 12.2 Å². The summed E-state index contributed by atoms with van der Waals surface area (Å²) in [5.41, 5.74) is 0.307. The fourth-order valence-corrected chi connectivity index (χ4v) is 2.50. The highest BCUT2D eigenvalue weighted by atomic mass is 35.5. The van der Waals surface area contributed by atoms with E-state index in [1.54, 1.807) is 38.3 Å². The fraction of sp³-hybridized carbons (Fsp3) is 0.500. The predicted octanol–water partition coefficient (Wildman–Crippen LogP) is 1.99. The van der Waals surface area contributed by atoms with E-state index in [0.29, 0.717) is 30.7 Å². The second-order valence-corrected chi connectivity index (χ2v) is 5.20. The second kappa shape index (κ2) is 8.86. The van der Waals surface area contributed by atoms with Crippen LogP contribution in [0.1, 0.15) is 30.1 Å². The molecule has 1 aromatic carbocycles. The summed E-state index contributed by atoms with van der Waals surface area (Å²) in [5, 5.41) is 6.07. The molecule has 1 fully saturated rings. The Kier molecular flexibility index (Phi) is 7.48. The molecule has 0 saturated carbocycles. The van der Waals surface area contributed by atoms with Crippen LogP contribution in [0.4, 0.5) is 5.69 Å². The van der Waals surface area contributed by atoms with E-state index >= 15 is 0 Å². The van der Waals surface area contributed by atoms with Crippen molar-refractivity contribution in [1.82, 2.24) is 5.32 Å². The predicted molar refractivity (Wildman–Crippen MR) is 90.1 cm³/mol. The largest absolute Gasteiger partial charge is 0.462 e. The average Bonchev–Trinajstić information content (AvgIpc) is 2.56. The molecule has 0 atom stereocenters. The molecule has 1 amide bonds. The van der Waals surface area contributed by atoms with E-state index in [1.807, 2.05) is 0 Å². The van der Waals surface area contributed by atoms with Gasteiger partial charge in [0.1, 0.15) is 5.60 Å².